The van der Waals surface area contributed by atoms with E-state index in [1.165, 1.54) is 13.0 Å². The number of ether oxygens (including phenoxy) is 1. The number of hydrogen-bond donors (Lipinski definition) is 0. The smallest absolute Gasteiger partial charge is 0.429 e. The van der Waals surface area contributed by atoms with Crippen LogP contribution >= 0.6 is 0 Å². The lowest BCUT2D eigenvalue weighted by Gasteiger charge is -2.29. The van der Waals surface area contributed by atoms with Crippen LogP contribution in [0.3, 0.4) is 0 Å². The van der Waals surface area contributed by atoms with Gasteiger partial charge >= 0.3 is 6.11 Å². The van der Waals surface area contributed by atoms with E-state index in [0.29, 0.717) is 37.3 Å². The zero-order chi connectivity index (χ0) is 25.5. The van der Waals surface area contributed by atoms with Gasteiger partial charge in [0.05, 0.1) is 0 Å². The van der Waals surface area contributed by atoms with Crippen LogP contribution in [0.15, 0.2) is 42.5 Å². The van der Waals surface area contributed by atoms with Gasteiger partial charge < -0.3 is 4.74 Å². The molecule has 1 aliphatic carbocycles. The van der Waals surface area contributed by atoms with Crippen LogP contribution in [0.2, 0.25) is 0 Å². The van der Waals surface area contributed by atoms with Crippen LogP contribution in [0.4, 0.5) is 35.1 Å². The Hall–Kier alpha value is -3.10. The van der Waals surface area contributed by atoms with Crippen LogP contribution in [-0.2, 0) is 6.11 Å². The van der Waals surface area contributed by atoms with Crippen LogP contribution in [-0.4, -0.2) is 0 Å². The fourth-order valence-electron chi connectivity index (χ4n) is 4.52. The van der Waals surface area contributed by atoms with Crippen molar-refractivity contribution >= 4 is 0 Å². The van der Waals surface area contributed by atoms with Crippen LogP contribution in [0.5, 0.6) is 5.75 Å². The summed E-state index contributed by atoms with van der Waals surface area (Å²) in [7, 11) is 0. The zero-order valence-corrected chi connectivity index (χ0v) is 18.5. The third-order valence-corrected chi connectivity index (χ3v) is 6.45. The summed E-state index contributed by atoms with van der Waals surface area (Å²) in [6.07, 6.45) is -2.42. The van der Waals surface area contributed by atoms with Crippen LogP contribution in [0.25, 0.3) is 0 Å². The predicted molar refractivity (Wildman–Crippen MR) is 112 cm³/mol. The fourth-order valence-corrected chi connectivity index (χ4v) is 4.52. The van der Waals surface area contributed by atoms with Gasteiger partial charge in [0.25, 0.3) is 0 Å². The largest absolute Gasteiger partial charge is 0.429 e. The van der Waals surface area contributed by atoms with Gasteiger partial charge in [0, 0.05) is 6.07 Å². The highest BCUT2D eigenvalue weighted by Gasteiger charge is 2.39. The van der Waals surface area contributed by atoms with Crippen molar-refractivity contribution < 1.29 is 39.9 Å². The first kappa shape index (κ1) is 25.0. The van der Waals surface area contributed by atoms with E-state index in [0.717, 1.165) is 30.3 Å². The fraction of sp³-hybridized carbons (Fsp3) is 0.308. The Balaban J connectivity index is 1.46. The molecule has 0 aromatic heterocycles. The quantitative estimate of drug-likeness (QED) is 0.253. The molecule has 1 nitrogen and oxygen atoms in total. The second kappa shape index (κ2) is 9.51. The predicted octanol–water partition coefficient (Wildman–Crippen LogP) is 8.40. The van der Waals surface area contributed by atoms with Crippen molar-refractivity contribution in [3.8, 4) is 5.75 Å². The second-order valence-corrected chi connectivity index (χ2v) is 8.71. The molecule has 0 radical (unpaired) electrons. The summed E-state index contributed by atoms with van der Waals surface area (Å²) in [6.45, 7) is 1.22. The topological polar surface area (TPSA) is 9.23 Å². The molecule has 0 heterocycles. The van der Waals surface area contributed by atoms with Crippen molar-refractivity contribution in [1.82, 2.24) is 0 Å². The van der Waals surface area contributed by atoms with E-state index in [4.69, 9.17) is 0 Å². The molecule has 0 unspecified atom stereocenters. The molecule has 3 aromatic carbocycles. The van der Waals surface area contributed by atoms with Crippen LogP contribution in [0, 0.1) is 41.8 Å². The highest BCUT2D eigenvalue weighted by Crippen LogP contribution is 2.43. The van der Waals surface area contributed by atoms with E-state index in [-0.39, 0.29) is 23.0 Å². The standard InChI is InChI=1S/C26H20F8O/c1-13-2-9-19(24(31)23(13)30)26(33,34)35-17-7-8-18(20(27)12-17)15-5-3-14(4-6-15)16-10-21(28)25(32)22(29)11-16/h2,7-12,14-15H,3-6H2,1H3. The first-order chi connectivity index (χ1) is 16.5. The average Bonchev–Trinajstić information content (AvgIpc) is 2.80. The number of aryl methyl sites for hydroxylation is 1. The SMILES string of the molecule is Cc1ccc(C(F)(F)Oc2ccc(C3CCC(c4cc(F)c(F)c(F)c4)CC3)c(F)c2)c(F)c1F. The number of rotatable bonds is 5. The Morgan fingerprint density at radius 2 is 1.29 bits per heavy atom. The lowest BCUT2D eigenvalue weighted by Crippen LogP contribution is -2.24. The maximum atomic E-state index is 14.8. The van der Waals surface area contributed by atoms with E-state index >= 15 is 0 Å². The highest BCUT2D eigenvalue weighted by molar-refractivity contribution is 5.34. The molecule has 1 aliphatic rings. The second-order valence-electron chi connectivity index (χ2n) is 8.71. The summed E-state index contributed by atoms with van der Waals surface area (Å²) in [5.41, 5.74) is -0.881. The van der Waals surface area contributed by atoms with Gasteiger partial charge in [-0.15, -0.1) is 0 Å². The van der Waals surface area contributed by atoms with Crippen molar-refractivity contribution in [2.75, 3.05) is 0 Å². The van der Waals surface area contributed by atoms with Crippen LogP contribution < -0.4 is 4.74 Å². The Morgan fingerprint density at radius 1 is 0.686 bits per heavy atom. The minimum atomic E-state index is -4.25. The van der Waals surface area contributed by atoms with Crippen molar-refractivity contribution in [1.29, 1.82) is 0 Å². The maximum absolute atomic E-state index is 14.8. The molecule has 0 spiro atoms. The van der Waals surface area contributed by atoms with Crippen LogP contribution in [0.1, 0.15) is 59.8 Å². The van der Waals surface area contributed by atoms with E-state index in [1.54, 1.807) is 0 Å². The van der Waals surface area contributed by atoms with E-state index < -0.39 is 52.3 Å². The third kappa shape index (κ3) is 4.99. The highest BCUT2D eigenvalue weighted by atomic mass is 19.3. The summed E-state index contributed by atoms with van der Waals surface area (Å²) in [4.78, 5) is 0. The van der Waals surface area contributed by atoms with E-state index in [9.17, 15) is 35.1 Å². The van der Waals surface area contributed by atoms with Gasteiger partial charge in [-0.2, -0.15) is 8.78 Å². The third-order valence-electron chi connectivity index (χ3n) is 6.45. The molecule has 1 saturated carbocycles. The number of hydrogen-bond acceptors (Lipinski definition) is 1. The molecule has 9 heteroatoms. The van der Waals surface area contributed by atoms with E-state index in [1.807, 2.05) is 0 Å². The van der Waals surface area contributed by atoms with Crippen molar-refractivity contribution in [3.05, 3.63) is 99.6 Å². The molecular formula is C26H20F8O. The van der Waals surface area contributed by atoms with Gasteiger partial charge in [-0.25, -0.2) is 26.3 Å². The Morgan fingerprint density at radius 3 is 1.89 bits per heavy atom. The molecule has 0 N–H and O–H groups in total. The Labute approximate surface area is 196 Å². The minimum Gasteiger partial charge on any atom is -0.429 e. The normalized spacial score (nSPS) is 18.5. The minimum absolute atomic E-state index is 0.151. The Kier molecular flexibility index (Phi) is 6.79. The lowest BCUT2D eigenvalue weighted by atomic mass is 9.76. The molecule has 4 rings (SSSR count). The molecule has 186 valence electrons. The van der Waals surface area contributed by atoms with Crippen molar-refractivity contribution in [3.63, 3.8) is 0 Å². The molecule has 3 aromatic rings. The van der Waals surface area contributed by atoms with Gasteiger partial charge in [-0.1, -0.05) is 12.1 Å². The van der Waals surface area contributed by atoms with Crippen molar-refractivity contribution in [2.45, 2.75) is 50.6 Å². The first-order valence-electron chi connectivity index (χ1n) is 10.9. The Bertz CT molecular complexity index is 1230. The molecule has 1 fully saturated rings. The summed E-state index contributed by atoms with van der Waals surface area (Å²) in [5.74, 6) is -9.13. The summed E-state index contributed by atoms with van der Waals surface area (Å²) in [5, 5.41) is 0. The van der Waals surface area contributed by atoms with Gasteiger partial charge in [-0.3, -0.25) is 0 Å². The summed E-state index contributed by atoms with van der Waals surface area (Å²) < 4.78 is 116. The molecule has 0 bridgehead atoms. The number of benzene rings is 3. The number of alkyl halides is 2. The maximum Gasteiger partial charge on any atom is 0.429 e. The number of halogens is 8. The zero-order valence-electron chi connectivity index (χ0n) is 18.5. The monoisotopic (exact) mass is 500 g/mol. The van der Waals surface area contributed by atoms with Gasteiger partial charge in [-0.05, 0) is 85.4 Å². The van der Waals surface area contributed by atoms with Crippen molar-refractivity contribution in [2.24, 2.45) is 0 Å². The molecule has 0 aliphatic heterocycles. The lowest BCUT2D eigenvalue weighted by molar-refractivity contribution is -0.187. The molecule has 0 atom stereocenters. The molecule has 35 heavy (non-hydrogen) atoms. The van der Waals surface area contributed by atoms with Gasteiger partial charge in [0.2, 0.25) is 0 Å². The average molecular weight is 500 g/mol. The first-order valence-corrected chi connectivity index (χ1v) is 10.9. The summed E-state index contributed by atoms with van der Waals surface area (Å²) >= 11 is 0. The molecule has 0 amide bonds. The molecular weight excluding hydrogens is 480 g/mol. The summed E-state index contributed by atoms with van der Waals surface area (Å²) in [6, 6.07) is 6.76. The van der Waals surface area contributed by atoms with Gasteiger partial charge in [0.1, 0.15) is 17.1 Å². The van der Waals surface area contributed by atoms with Gasteiger partial charge in [0.15, 0.2) is 29.1 Å². The van der Waals surface area contributed by atoms with E-state index in [2.05, 4.69) is 4.74 Å². The molecule has 0 saturated heterocycles.